The SMILES string of the molecule is COc1cc(C)c2[nH]ccc2c1CN1CCN(CC(F)(F)F)CCC1c1ccc(-c2nn[nH]n2)cc1. The second kappa shape index (κ2) is 9.90. The molecule has 1 fully saturated rings. The summed E-state index contributed by atoms with van der Waals surface area (Å²) in [6.45, 7) is 2.87. The van der Waals surface area contributed by atoms with E-state index in [9.17, 15) is 13.2 Å². The van der Waals surface area contributed by atoms with E-state index in [-0.39, 0.29) is 6.04 Å². The summed E-state index contributed by atoms with van der Waals surface area (Å²) in [4.78, 5) is 7.06. The van der Waals surface area contributed by atoms with Gasteiger partial charge in [0.2, 0.25) is 5.82 Å². The van der Waals surface area contributed by atoms with Crippen molar-refractivity contribution in [1.29, 1.82) is 0 Å². The Kier molecular flexibility index (Phi) is 6.67. The van der Waals surface area contributed by atoms with Gasteiger partial charge in [-0.2, -0.15) is 18.4 Å². The molecule has 1 aliphatic heterocycles. The number of halogens is 3. The standard InChI is InChI=1S/C25H28F3N7O/c1-16-13-22(36-2)20(19-7-9-29-23(16)19)14-35-12-11-34(15-25(26,27)28)10-8-21(35)17-3-5-18(6-4-17)24-30-32-33-31-24/h3-7,9,13,21,29H,8,10-12,14-15H2,1-2H3,(H,30,31,32,33). The van der Waals surface area contributed by atoms with E-state index < -0.39 is 12.7 Å². The second-order valence-corrected chi connectivity index (χ2v) is 9.16. The molecule has 3 heterocycles. The summed E-state index contributed by atoms with van der Waals surface area (Å²) < 4.78 is 45.3. The summed E-state index contributed by atoms with van der Waals surface area (Å²) in [6.07, 6.45) is -1.75. The number of aromatic nitrogens is 5. The quantitative estimate of drug-likeness (QED) is 0.407. The van der Waals surface area contributed by atoms with E-state index in [1.165, 1.54) is 4.90 Å². The van der Waals surface area contributed by atoms with Crippen LogP contribution in [0.3, 0.4) is 0 Å². The lowest BCUT2D eigenvalue weighted by molar-refractivity contribution is -0.145. The van der Waals surface area contributed by atoms with E-state index in [0.717, 1.165) is 38.9 Å². The van der Waals surface area contributed by atoms with Crippen LogP contribution in [0.4, 0.5) is 13.2 Å². The van der Waals surface area contributed by atoms with Crippen molar-refractivity contribution >= 4 is 10.9 Å². The molecule has 2 aromatic heterocycles. The molecule has 0 spiro atoms. The number of nitrogens with zero attached hydrogens (tertiary/aromatic N) is 5. The van der Waals surface area contributed by atoms with Crippen LogP contribution in [0, 0.1) is 6.92 Å². The molecule has 2 N–H and O–H groups in total. The third kappa shape index (κ3) is 5.07. The molecule has 0 radical (unpaired) electrons. The number of H-pyrrole nitrogens is 2. The van der Waals surface area contributed by atoms with Crippen molar-refractivity contribution in [1.82, 2.24) is 35.4 Å². The molecular formula is C25H28F3N7O. The third-order valence-electron chi connectivity index (χ3n) is 6.86. The van der Waals surface area contributed by atoms with Crippen LogP contribution in [0.2, 0.25) is 0 Å². The molecule has 0 saturated carbocycles. The molecule has 1 saturated heterocycles. The average Bonchev–Trinajstić information content (AvgIpc) is 3.52. The van der Waals surface area contributed by atoms with Crippen molar-refractivity contribution in [2.45, 2.75) is 32.1 Å². The molecule has 11 heteroatoms. The summed E-state index contributed by atoms with van der Waals surface area (Å²) in [7, 11) is 1.65. The number of ether oxygens (including phenoxy) is 1. The highest BCUT2D eigenvalue weighted by Gasteiger charge is 2.34. The molecule has 1 aliphatic rings. The Labute approximate surface area is 206 Å². The van der Waals surface area contributed by atoms with E-state index in [2.05, 4.69) is 30.5 Å². The monoisotopic (exact) mass is 499 g/mol. The van der Waals surface area contributed by atoms with Gasteiger partial charge in [0.25, 0.3) is 0 Å². The Morgan fingerprint density at radius 1 is 1.11 bits per heavy atom. The minimum atomic E-state index is -4.23. The van der Waals surface area contributed by atoms with Gasteiger partial charge in [-0.1, -0.05) is 24.3 Å². The number of methoxy groups -OCH3 is 1. The number of tetrazole rings is 1. The predicted octanol–water partition coefficient (Wildman–Crippen LogP) is 4.48. The van der Waals surface area contributed by atoms with Crippen LogP contribution in [0.1, 0.15) is 29.2 Å². The van der Waals surface area contributed by atoms with Gasteiger partial charge < -0.3 is 9.72 Å². The molecule has 0 bridgehead atoms. The average molecular weight is 500 g/mol. The summed E-state index contributed by atoms with van der Waals surface area (Å²) in [6, 6.07) is 11.8. The highest BCUT2D eigenvalue weighted by molar-refractivity contribution is 5.88. The number of fused-ring (bicyclic) bond motifs is 1. The Hall–Kier alpha value is -3.44. The van der Waals surface area contributed by atoms with E-state index in [0.29, 0.717) is 38.4 Å². The lowest BCUT2D eigenvalue weighted by atomic mass is 9.98. The zero-order valence-electron chi connectivity index (χ0n) is 20.1. The fraction of sp³-hybridized carbons (Fsp3) is 0.400. The first-order valence-corrected chi connectivity index (χ1v) is 11.8. The Bertz CT molecular complexity index is 1300. The first-order chi connectivity index (χ1) is 17.3. The van der Waals surface area contributed by atoms with Gasteiger partial charge in [0.15, 0.2) is 0 Å². The molecule has 8 nitrogen and oxygen atoms in total. The van der Waals surface area contributed by atoms with Gasteiger partial charge in [0, 0.05) is 60.4 Å². The van der Waals surface area contributed by atoms with Crippen LogP contribution < -0.4 is 4.74 Å². The lowest BCUT2D eigenvalue weighted by Gasteiger charge is -2.31. The van der Waals surface area contributed by atoms with Crippen LogP contribution in [-0.4, -0.2) is 74.9 Å². The number of benzene rings is 2. The lowest BCUT2D eigenvalue weighted by Crippen LogP contribution is -2.37. The highest BCUT2D eigenvalue weighted by Crippen LogP contribution is 2.36. The molecule has 190 valence electrons. The topological polar surface area (TPSA) is 86.0 Å². The summed E-state index contributed by atoms with van der Waals surface area (Å²) in [5.74, 6) is 1.28. The Morgan fingerprint density at radius 2 is 1.92 bits per heavy atom. The van der Waals surface area contributed by atoms with Crippen molar-refractivity contribution in [2.75, 3.05) is 33.3 Å². The zero-order valence-corrected chi connectivity index (χ0v) is 20.1. The smallest absolute Gasteiger partial charge is 0.401 e. The molecule has 2 aromatic carbocycles. The van der Waals surface area contributed by atoms with Crippen molar-refractivity contribution in [3.8, 4) is 17.1 Å². The maximum atomic E-state index is 13.2. The van der Waals surface area contributed by atoms with Crippen LogP contribution >= 0.6 is 0 Å². The van der Waals surface area contributed by atoms with Crippen molar-refractivity contribution < 1.29 is 17.9 Å². The first kappa shape index (κ1) is 24.3. The van der Waals surface area contributed by atoms with Gasteiger partial charge in [-0.25, -0.2) is 0 Å². The number of aryl methyl sites for hydroxylation is 1. The number of hydrogen-bond acceptors (Lipinski definition) is 6. The minimum absolute atomic E-state index is 0.0671. The Balaban J connectivity index is 1.48. The molecule has 36 heavy (non-hydrogen) atoms. The van der Waals surface area contributed by atoms with Gasteiger partial charge >= 0.3 is 6.18 Å². The molecule has 4 aromatic rings. The first-order valence-electron chi connectivity index (χ1n) is 11.8. The summed E-state index contributed by atoms with van der Waals surface area (Å²) in [5, 5.41) is 15.2. The van der Waals surface area contributed by atoms with Crippen molar-refractivity contribution in [3.63, 3.8) is 0 Å². The summed E-state index contributed by atoms with van der Waals surface area (Å²) >= 11 is 0. The molecule has 1 unspecified atom stereocenters. The van der Waals surface area contributed by atoms with Gasteiger partial charge in [0.05, 0.1) is 13.7 Å². The maximum Gasteiger partial charge on any atom is 0.401 e. The van der Waals surface area contributed by atoms with Crippen LogP contribution in [0.25, 0.3) is 22.3 Å². The normalized spacial score (nSPS) is 18.0. The fourth-order valence-electron chi connectivity index (χ4n) is 5.13. The van der Waals surface area contributed by atoms with E-state index in [4.69, 9.17) is 4.74 Å². The molecule has 0 aliphatic carbocycles. The Morgan fingerprint density at radius 3 is 2.61 bits per heavy atom. The molecule has 5 rings (SSSR count). The second-order valence-electron chi connectivity index (χ2n) is 9.16. The minimum Gasteiger partial charge on any atom is -0.496 e. The van der Waals surface area contributed by atoms with Crippen LogP contribution in [0.5, 0.6) is 5.75 Å². The number of nitrogens with one attached hydrogen (secondary N) is 2. The van der Waals surface area contributed by atoms with Crippen LogP contribution in [0.15, 0.2) is 42.6 Å². The largest absolute Gasteiger partial charge is 0.496 e. The van der Waals surface area contributed by atoms with Gasteiger partial charge in [-0.15, -0.1) is 10.2 Å². The van der Waals surface area contributed by atoms with Crippen molar-refractivity contribution in [3.05, 3.63) is 59.3 Å². The number of hydrogen-bond donors (Lipinski definition) is 2. The number of aromatic amines is 2. The van der Waals surface area contributed by atoms with Crippen molar-refractivity contribution in [2.24, 2.45) is 0 Å². The van der Waals surface area contributed by atoms with Gasteiger partial charge in [-0.3, -0.25) is 9.80 Å². The summed E-state index contributed by atoms with van der Waals surface area (Å²) in [5.41, 5.74) is 5.00. The van der Waals surface area contributed by atoms with Crippen LogP contribution in [-0.2, 0) is 6.54 Å². The fourth-order valence-corrected chi connectivity index (χ4v) is 5.13. The molecular weight excluding hydrogens is 471 g/mol. The van der Waals surface area contributed by atoms with Gasteiger partial charge in [0.1, 0.15) is 5.75 Å². The maximum absolute atomic E-state index is 13.2. The van der Waals surface area contributed by atoms with E-state index >= 15 is 0 Å². The molecule has 1 atom stereocenters. The van der Waals surface area contributed by atoms with Gasteiger partial charge in [-0.05, 0) is 41.8 Å². The zero-order chi connectivity index (χ0) is 25.3. The predicted molar refractivity (Wildman–Crippen MR) is 129 cm³/mol. The molecule has 0 amide bonds. The highest BCUT2D eigenvalue weighted by atomic mass is 19.4. The van der Waals surface area contributed by atoms with E-state index in [1.54, 1.807) is 7.11 Å². The third-order valence-corrected chi connectivity index (χ3v) is 6.86. The number of rotatable bonds is 6. The van der Waals surface area contributed by atoms with E-state index in [1.807, 2.05) is 49.5 Å². The number of alkyl halides is 3.